The predicted molar refractivity (Wildman–Crippen MR) is 125 cm³/mol. The van der Waals surface area contributed by atoms with Crippen molar-refractivity contribution in [2.45, 2.75) is 18.7 Å². The van der Waals surface area contributed by atoms with E-state index in [-0.39, 0.29) is 10.6 Å². The van der Waals surface area contributed by atoms with Crippen LogP contribution in [0.1, 0.15) is 28.4 Å². The van der Waals surface area contributed by atoms with E-state index in [4.69, 9.17) is 13.7 Å². The van der Waals surface area contributed by atoms with Gasteiger partial charge in [-0.15, -0.1) is 0 Å². The first-order chi connectivity index (χ1) is 15.8. The van der Waals surface area contributed by atoms with Crippen LogP contribution in [-0.2, 0) is 10.1 Å². The zero-order chi connectivity index (χ0) is 23.8. The van der Waals surface area contributed by atoms with E-state index >= 15 is 0 Å². The summed E-state index contributed by atoms with van der Waals surface area (Å²) in [5.74, 6) is 0.562. The number of hydrogen-bond acceptors (Lipinski definition) is 7. The minimum absolute atomic E-state index is 0.0394. The number of hydrazone groups is 1. The number of rotatable bonds is 9. The van der Waals surface area contributed by atoms with Crippen LogP contribution in [0.5, 0.6) is 17.2 Å². The second kappa shape index (κ2) is 10.6. The van der Waals surface area contributed by atoms with Crippen molar-refractivity contribution in [1.29, 1.82) is 0 Å². The number of methoxy groups -OCH3 is 1. The van der Waals surface area contributed by atoms with E-state index in [1.54, 1.807) is 48.5 Å². The summed E-state index contributed by atoms with van der Waals surface area (Å²) < 4.78 is 41.2. The highest BCUT2D eigenvalue weighted by atomic mass is 32.2. The van der Waals surface area contributed by atoms with Crippen LogP contribution in [0.25, 0.3) is 0 Å². The summed E-state index contributed by atoms with van der Waals surface area (Å²) in [6.07, 6.45) is 1.31. The second-order valence-corrected chi connectivity index (χ2v) is 8.43. The van der Waals surface area contributed by atoms with E-state index in [1.165, 1.54) is 31.5 Å². The van der Waals surface area contributed by atoms with Gasteiger partial charge in [0.15, 0.2) is 17.2 Å². The monoisotopic (exact) mass is 468 g/mol. The third kappa shape index (κ3) is 6.11. The molecule has 0 aromatic heterocycles. The molecule has 0 aliphatic carbocycles. The third-order valence-electron chi connectivity index (χ3n) is 4.52. The van der Waals surface area contributed by atoms with Crippen molar-refractivity contribution in [2.75, 3.05) is 13.7 Å². The molecule has 33 heavy (non-hydrogen) atoms. The molecule has 0 spiro atoms. The number of benzene rings is 3. The van der Waals surface area contributed by atoms with Crippen LogP contribution in [0.3, 0.4) is 0 Å². The zero-order valence-corrected chi connectivity index (χ0v) is 19.3. The number of aryl methyl sites for hydroxylation is 1. The van der Waals surface area contributed by atoms with Crippen LogP contribution in [0.4, 0.5) is 0 Å². The Balaban J connectivity index is 1.74. The maximum Gasteiger partial charge on any atom is 0.339 e. The fourth-order valence-corrected chi connectivity index (χ4v) is 3.80. The number of nitrogens with one attached hydrogen (secondary N) is 1. The van der Waals surface area contributed by atoms with E-state index in [0.29, 0.717) is 29.2 Å². The Kier molecular flexibility index (Phi) is 7.68. The molecule has 0 heterocycles. The van der Waals surface area contributed by atoms with E-state index in [2.05, 4.69) is 10.5 Å². The molecule has 172 valence electrons. The van der Waals surface area contributed by atoms with Gasteiger partial charge in [0.1, 0.15) is 4.90 Å². The van der Waals surface area contributed by atoms with Crippen LogP contribution in [-0.4, -0.2) is 34.3 Å². The summed E-state index contributed by atoms with van der Waals surface area (Å²) in [6.45, 7) is 4.18. The van der Waals surface area contributed by atoms with Crippen molar-refractivity contribution >= 4 is 22.2 Å². The number of carbonyl (C=O) groups excluding carboxylic acids is 1. The maximum atomic E-state index is 12.6. The third-order valence-corrected chi connectivity index (χ3v) is 5.77. The molecule has 1 amide bonds. The Labute approximate surface area is 192 Å². The molecule has 0 atom stereocenters. The zero-order valence-electron chi connectivity index (χ0n) is 18.4. The largest absolute Gasteiger partial charge is 0.493 e. The number of carbonyl (C=O) groups is 1. The van der Waals surface area contributed by atoms with Crippen LogP contribution >= 0.6 is 0 Å². The lowest BCUT2D eigenvalue weighted by Crippen LogP contribution is -2.18. The van der Waals surface area contributed by atoms with E-state index in [9.17, 15) is 13.2 Å². The van der Waals surface area contributed by atoms with Crippen LogP contribution in [0.15, 0.2) is 76.7 Å². The summed E-state index contributed by atoms with van der Waals surface area (Å²) in [7, 11) is -2.54. The summed E-state index contributed by atoms with van der Waals surface area (Å²) >= 11 is 0. The predicted octanol–water partition coefficient (Wildman–Crippen LogP) is 3.93. The van der Waals surface area contributed by atoms with Gasteiger partial charge < -0.3 is 13.7 Å². The van der Waals surface area contributed by atoms with Gasteiger partial charge in [-0.2, -0.15) is 13.5 Å². The fourth-order valence-electron chi connectivity index (χ4n) is 2.84. The van der Waals surface area contributed by atoms with Gasteiger partial charge in [-0.25, -0.2) is 5.43 Å². The molecule has 0 aliphatic heterocycles. The number of ether oxygens (including phenoxy) is 2. The Morgan fingerprint density at radius 3 is 2.42 bits per heavy atom. The van der Waals surface area contributed by atoms with Crippen molar-refractivity contribution in [3.63, 3.8) is 0 Å². The highest BCUT2D eigenvalue weighted by molar-refractivity contribution is 7.87. The molecule has 1 N–H and O–H groups in total. The molecule has 9 heteroatoms. The number of nitrogens with zero attached hydrogens (tertiary/aromatic N) is 1. The van der Waals surface area contributed by atoms with Crippen molar-refractivity contribution in [2.24, 2.45) is 5.10 Å². The lowest BCUT2D eigenvalue weighted by Gasteiger charge is -2.10. The van der Waals surface area contributed by atoms with E-state index < -0.39 is 16.0 Å². The molecule has 3 aromatic rings. The van der Waals surface area contributed by atoms with Crippen molar-refractivity contribution in [3.05, 3.63) is 83.4 Å². The van der Waals surface area contributed by atoms with Gasteiger partial charge in [0.05, 0.1) is 19.9 Å². The molecule has 0 radical (unpaired) electrons. The smallest absolute Gasteiger partial charge is 0.339 e. The quantitative estimate of drug-likeness (QED) is 0.290. The maximum absolute atomic E-state index is 12.6. The number of para-hydroxylation sites is 1. The number of hydrogen-bond donors (Lipinski definition) is 1. The Bertz CT molecular complexity index is 1250. The number of amides is 1. The molecule has 0 fully saturated rings. The van der Waals surface area contributed by atoms with Gasteiger partial charge in [-0.05, 0) is 56.3 Å². The topological polar surface area (TPSA) is 103 Å². The minimum atomic E-state index is -4.03. The second-order valence-electron chi connectivity index (χ2n) is 6.89. The Morgan fingerprint density at radius 2 is 1.73 bits per heavy atom. The highest BCUT2D eigenvalue weighted by Crippen LogP contribution is 2.28. The van der Waals surface area contributed by atoms with Gasteiger partial charge in [0.2, 0.25) is 0 Å². The fraction of sp³-hybridized carbons (Fsp3) is 0.167. The van der Waals surface area contributed by atoms with Gasteiger partial charge >= 0.3 is 10.1 Å². The minimum Gasteiger partial charge on any atom is -0.493 e. The van der Waals surface area contributed by atoms with Crippen LogP contribution in [0.2, 0.25) is 0 Å². The lowest BCUT2D eigenvalue weighted by molar-refractivity contribution is 0.0954. The van der Waals surface area contributed by atoms with Gasteiger partial charge in [0, 0.05) is 11.1 Å². The SMILES string of the molecule is CCOc1ccc(C(=O)N/N=C/c2ccccc2OS(=O)(=O)c2ccc(C)cc2)cc1OC. The molecular weight excluding hydrogens is 444 g/mol. The molecule has 3 aromatic carbocycles. The summed E-state index contributed by atoms with van der Waals surface area (Å²) in [4.78, 5) is 12.5. The first kappa shape index (κ1) is 23.8. The first-order valence-corrected chi connectivity index (χ1v) is 11.5. The van der Waals surface area contributed by atoms with Gasteiger partial charge in [-0.1, -0.05) is 29.8 Å². The summed E-state index contributed by atoms with van der Waals surface area (Å²) in [5.41, 5.74) is 4.03. The van der Waals surface area contributed by atoms with Crippen molar-refractivity contribution in [1.82, 2.24) is 5.43 Å². The standard InChI is InChI=1S/C24H24N2O6S/c1-4-31-22-14-11-18(15-23(22)30-3)24(27)26-25-16-19-7-5-6-8-21(19)32-33(28,29)20-12-9-17(2)10-13-20/h5-16H,4H2,1-3H3,(H,26,27)/b25-16+. The molecule has 0 saturated heterocycles. The van der Waals surface area contributed by atoms with E-state index in [1.807, 2.05) is 13.8 Å². The van der Waals surface area contributed by atoms with E-state index in [0.717, 1.165) is 5.56 Å². The molecule has 0 unspecified atom stereocenters. The average Bonchev–Trinajstić information content (AvgIpc) is 2.80. The average molecular weight is 469 g/mol. The molecule has 8 nitrogen and oxygen atoms in total. The summed E-state index contributed by atoms with van der Waals surface area (Å²) in [6, 6.07) is 17.6. The van der Waals surface area contributed by atoms with Crippen molar-refractivity contribution in [3.8, 4) is 17.2 Å². The Hall–Kier alpha value is -3.85. The molecule has 3 rings (SSSR count). The van der Waals surface area contributed by atoms with Gasteiger partial charge in [-0.3, -0.25) is 4.79 Å². The van der Waals surface area contributed by atoms with Crippen LogP contribution < -0.4 is 19.1 Å². The molecular formula is C24H24N2O6S. The summed E-state index contributed by atoms with van der Waals surface area (Å²) in [5, 5.41) is 3.94. The Morgan fingerprint density at radius 1 is 1.00 bits per heavy atom. The lowest BCUT2D eigenvalue weighted by atomic mass is 10.2. The first-order valence-electron chi connectivity index (χ1n) is 10.1. The molecule has 0 bridgehead atoms. The van der Waals surface area contributed by atoms with Crippen molar-refractivity contribution < 1.29 is 26.9 Å². The highest BCUT2D eigenvalue weighted by Gasteiger charge is 2.18. The molecule has 0 aliphatic rings. The van der Waals surface area contributed by atoms with Crippen LogP contribution in [0, 0.1) is 6.92 Å². The normalized spacial score (nSPS) is 11.2. The molecule has 0 saturated carbocycles. The van der Waals surface area contributed by atoms with Gasteiger partial charge in [0.25, 0.3) is 5.91 Å².